The Hall–Kier alpha value is -0.970. The third-order valence-electron chi connectivity index (χ3n) is 4.24. The van der Waals surface area contributed by atoms with Gasteiger partial charge in [0.25, 0.3) is 0 Å². The van der Waals surface area contributed by atoms with Crippen molar-refractivity contribution >= 4 is 42.1 Å². The first kappa shape index (κ1) is 18.1. The van der Waals surface area contributed by atoms with Crippen molar-refractivity contribution < 1.29 is 4.79 Å². The fourth-order valence-electron chi connectivity index (χ4n) is 2.69. The van der Waals surface area contributed by atoms with E-state index in [1.807, 2.05) is 13.0 Å². The van der Waals surface area contributed by atoms with E-state index < -0.39 is 0 Å². The average Bonchev–Trinajstić information content (AvgIpc) is 2.36. The van der Waals surface area contributed by atoms with E-state index in [1.54, 1.807) is 0 Å². The quantitative estimate of drug-likeness (QED) is 0.798. The third-order valence-corrected chi connectivity index (χ3v) is 4.24. The monoisotopic (exact) mass is 331 g/mol. The summed E-state index contributed by atoms with van der Waals surface area (Å²) < 4.78 is 0. The lowest BCUT2D eigenvalue weighted by molar-refractivity contribution is -0.121. The van der Waals surface area contributed by atoms with Gasteiger partial charge in [-0.1, -0.05) is 6.92 Å². The van der Waals surface area contributed by atoms with Crippen molar-refractivity contribution in [1.29, 1.82) is 0 Å². The first-order valence-corrected chi connectivity index (χ1v) is 7.12. The van der Waals surface area contributed by atoms with Crippen LogP contribution < -0.4 is 16.0 Å². The van der Waals surface area contributed by atoms with Crippen LogP contribution >= 0.6 is 24.8 Å². The summed E-state index contributed by atoms with van der Waals surface area (Å²) in [6, 6.07) is 6.16. The highest BCUT2D eigenvalue weighted by molar-refractivity contribution is 5.93. The molecule has 1 unspecified atom stereocenters. The van der Waals surface area contributed by atoms with Crippen molar-refractivity contribution in [3.05, 3.63) is 23.8 Å². The topological polar surface area (TPSA) is 53.2 Å². The first-order valence-electron chi connectivity index (χ1n) is 7.12. The number of hydrogen-bond acceptors (Lipinski definition) is 3. The molecule has 1 aromatic carbocycles. The number of halogens is 2. The molecule has 118 valence electrons. The summed E-state index contributed by atoms with van der Waals surface area (Å²) in [7, 11) is 0. The Morgan fingerprint density at radius 3 is 2.76 bits per heavy atom. The number of anilines is 2. The summed E-state index contributed by atoms with van der Waals surface area (Å²) >= 11 is 0. The van der Waals surface area contributed by atoms with Crippen molar-refractivity contribution in [2.75, 3.05) is 30.3 Å². The summed E-state index contributed by atoms with van der Waals surface area (Å²) in [5, 5.41) is 9.64. The Bertz CT molecular complexity index is 492. The van der Waals surface area contributed by atoms with E-state index in [9.17, 15) is 4.79 Å². The Morgan fingerprint density at radius 1 is 1.33 bits per heavy atom. The molecule has 6 heteroatoms. The number of carbonyl (C=O) groups is 1. The van der Waals surface area contributed by atoms with E-state index in [-0.39, 0.29) is 36.6 Å². The molecule has 4 nitrogen and oxygen atoms in total. The van der Waals surface area contributed by atoms with Gasteiger partial charge in [0.15, 0.2) is 0 Å². The van der Waals surface area contributed by atoms with Crippen LogP contribution in [0.1, 0.15) is 18.9 Å². The van der Waals surface area contributed by atoms with Crippen molar-refractivity contribution in [2.45, 2.75) is 19.8 Å². The summed E-state index contributed by atoms with van der Waals surface area (Å²) in [6.07, 6.45) is 2.25. The van der Waals surface area contributed by atoms with Crippen molar-refractivity contribution in [3.8, 4) is 0 Å². The minimum atomic E-state index is 0. The van der Waals surface area contributed by atoms with E-state index >= 15 is 0 Å². The van der Waals surface area contributed by atoms with Gasteiger partial charge in [-0.2, -0.15) is 0 Å². The molecule has 2 aliphatic rings. The molecule has 1 saturated heterocycles. The minimum absolute atomic E-state index is 0. The fourth-order valence-corrected chi connectivity index (χ4v) is 2.69. The lowest BCUT2D eigenvalue weighted by atomic mass is 9.88. The second kappa shape index (κ2) is 7.87. The fraction of sp³-hybridized carbons (Fsp3) is 0.533. The van der Waals surface area contributed by atoms with Gasteiger partial charge < -0.3 is 16.0 Å². The predicted octanol–water partition coefficient (Wildman–Crippen LogP) is 2.68. The molecule has 21 heavy (non-hydrogen) atoms. The van der Waals surface area contributed by atoms with Gasteiger partial charge in [-0.15, -0.1) is 24.8 Å². The maximum atomic E-state index is 12.2. The molecule has 0 aliphatic carbocycles. The lowest BCUT2D eigenvalue weighted by Gasteiger charge is -2.31. The highest BCUT2D eigenvalue weighted by Gasteiger charge is 2.28. The molecule has 3 N–H and O–H groups in total. The van der Waals surface area contributed by atoms with Gasteiger partial charge in [0.05, 0.1) is 0 Å². The Morgan fingerprint density at radius 2 is 2.10 bits per heavy atom. The van der Waals surface area contributed by atoms with Crippen LogP contribution in [0.3, 0.4) is 0 Å². The number of fused-ring (bicyclic) bond motifs is 1. The molecule has 1 aromatic rings. The molecule has 1 fully saturated rings. The van der Waals surface area contributed by atoms with E-state index in [2.05, 4.69) is 28.1 Å². The van der Waals surface area contributed by atoms with E-state index in [1.165, 1.54) is 11.3 Å². The Labute approximate surface area is 138 Å². The number of rotatable bonds is 3. The zero-order valence-electron chi connectivity index (χ0n) is 12.1. The number of aryl methyl sites for hydroxylation is 1. The van der Waals surface area contributed by atoms with E-state index in [0.717, 1.165) is 38.2 Å². The van der Waals surface area contributed by atoms with E-state index in [4.69, 9.17) is 0 Å². The number of benzene rings is 1. The summed E-state index contributed by atoms with van der Waals surface area (Å²) in [4.78, 5) is 12.2. The molecule has 0 spiro atoms. The standard InChI is InChI=1S/C15H21N3O.2ClH/c1-10(12-8-16-9-12)15(19)18-13-4-5-14-11(7-13)3-2-6-17-14;;/h4-5,7,10,12,16-17H,2-3,6,8-9H2,1H3,(H,18,19);2*1H. The van der Waals surface area contributed by atoms with E-state index in [0.29, 0.717) is 5.92 Å². The summed E-state index contributed by atoms with van der Waals surface area (Å²) in [6.45, 7) is 4.98. The van der Waals surface area contributed by atoms with Crippen LogP contribution in [0.15, 0.2) is 18.2 Å². The highest BCUT2D eigenvalue weighted by atomic mass is 35.5. The minimum Gasteiger partial charge on any atom is -0.385 e. The molecule has 0 radical (unpaired) electrons. The normalized spacial score (nSPS) is 18.0. The lowest BCUT2D eigenvalue weighted by Crippen LogP contribution is -2.48. The molecule has 2 aliphatic heterocycles. The number of hydrogen-bond donors (Lipinski definition) is 3. The van der Waals surface area contributed by atoms with Crippen LogP contribution in [-0.2, 0) is 11.2 Å². The third kappa shape index (κ3) is 4.02. The molecule has 0 aromatic heterocycles. The van der Waals surface area contributed by atoms with Crippen LogP contribution in [0, 0.1) is 11.8 Å². The van der Waals surface area contributed by atoms with Gasteiger partial charge in [-0.25, -0.2) is 0 Å². The van der Waals surface area contributed by atoms with Crippen LogP contribution in [-0.4, -0.2) is 25.5 Å². The molecule has 3 rings (SSSR count). The number of amides is 1. The Balaban J connectivity index is 0.00000110. The molecular formula is C15H23Cl2N3O. The number of carbonyl (C=O) groups excluding carboxylic acids is 1. The van der Waals surface area contributed by atoms with Gasteiger partial charge in [0.1, 0.15) is 0 Å². The molecule has 1 amide bonds. The molecule has 0 bridgehead atoms. The van der Waals surface area contributed by atoms with Crippen LogP contribution in [0.2, 0.25) is 0 Å². The zero-order chi connectivity index (χ0) is 13.2. The molecular weight excluding hydrogens is 309 g/mol. The van der Waals surface area contributed by atoms with Crippen molar-refractivity contribution in [2.24, 2.45) is 11.8 Å². The van der Waals surface area contributed by atoms with Gasteiger partial charge in [-0.05, 0) is 55.6 Å². The Kier molecular flexibility index (Phi) is 6.78. The van der Waals surface area contributed by atoms with Crippen molar-refractivity contribution in [3.63, 3.8) is 0 Å². The molecule has 2 heterocycles. The zero-order valence-corrected chi connectivity index (χ0v) is 13.8. The molecule has 1 atom stereocenters. The second-order valence-corrected chi connectivity index (χ2v) is 5.60. The van der Waals surface area contributed by atoms with Crippen LogP contribution in [0.4, 0.5) is 11.4 Å². The average molecular weight is 332 g/mol. The van der Waals surface area contributed by atoms with Gasteiger partial charge in [0, 0.05) is 23.8 Å². The van der Waals surface area contributed by atoms with Gasteiger partial charge in [-0.3, -0.25) is 4.79 Å². The first-order chi connectivity index (χ1) is 9.24. The van der Waals surface area contributed by atoms with Gasteiger partial charge in [0.2, 0.25) is 5.91 Å². The SMILES string of the molecule is CC(C(=O)Nc1ccc2c(c1)CCCN2)C1CNC1.Cl.Cl. The van der Waals surface area contributed by atoms with Crippen molar-refractivity contribution in [1.82, 2.24) is 5.32 Å². The summed E-state index contributed by atoms with van der Waals surface area (Å²) in [5.41, 5.74) is 3.44. The predicted molar refractivity (Wildman–Crippen MR) is 91.9 cm³/mol. The second-order valence-electron chi connectivity index (χ2n) is 5.60. The number of nitrogens with one attached hydrogen (secondary N) is 3. The van der Waals surface area contributed by atoms with Gasteiger partial charge >= 0.3 is 0 Å². The largest absolute Gasteiger partial charge is 0.385 e. The molecule has 0 saturated carbocycles. The summed E-state index contributed by atoms with van der Waals surface area (Å²) in [5.74, 6) is 0.699. The van der Waals surface area contributed by atoms with Crippen LogP contribution in [0.5, 0.6) is 0 Å². The maximum Gasteiger partial charge on any atom is 0.227 e. The van der Waals surface area contributed by atoms with Crippen LogP contribution in [0.25, 0.3) is 0 Å². The highest BCUT2D eigenvalue weighted by Crippen LogP contribution is 2.26. The smallest absolute Gasteiger partial charge is 0.227 e. The maximum absolute atomic E-state index is 12.2.